The lowest BCUT2D eigenvalue weighted by Gasteiger charge is -2.39. The smallest absolute Gasteiger partial charge is 0.301 e. The van der Waals surface area contributed by atoms with Crippen LogP contribution < -0.4 is 32.1 Å². The second-order valence-corrected chi connectivity index (χ2v) is 21.4. The summed E-state index contributed by atoms with van der Waals surface area (Å²) in [4.78, 5) is 70.7. The molecule has 20 heteroatoms. The van der Waals surface area contributed by atoms with Gasteiger partial charge in [-0.15, -0.1) is 44.2 Å². The molecular formula is C53H52N12O5S3. The first-order valence-electron chi connectivity index (χ1n) is 24.4. The van der Waals surface area contributed by atoms with Crippen LogP contribution >= 0.6 is 34.0 Å². The molecule has 3 unspecified atom stereocenters. The lowest BCUT2D eigenvalue weighted by Crippen LogP contribution is -2.48. The molecule has 3 aliphatic rings. The van der Waals surface area contributed by atoms with E-state index in [9.17, 15) is 19.2 Å². The lowest BCUT2D eigenvalue weighted by atomic mass is 9.83. The van der Waals surface area contributed by atoms with Gasteiger partial charge in [0.25, 0.3) is 11.8 Å². The normalized spacial score (nSPS) is 18.3. The SMILES string of the molecule is Cc1ccc2c(N)c(C(=O)NC3CCc4cc(N5CC6CCC(C5)C6C(=O)NCCOCCNC(=O)c5ccc(-c6csc(-n7[nH]c(-c8ccccc8)c(N=Nc8nccs8)c7=O)n6)cc5)ccc4C3)sc2n1. The number of hydrogen-bond acceptors (Lipinski definition) is 15. The average Bonchev–Trinajstić information content (AvgIpc) is 4.27. The first kappa shape index (κ1) is 47.9. The number of pyridine rings is 1. The maximum Gasteiger partial charge on any atom is 0.301 e. The summed E-state index contributed by atoms with van der Waals surface area (Å²) in [6.07, 6.45) is 6.21. The number of piperidine rings is 1. The van der Waals surface area contributed by atoms with Gasteiger partial charge < -0.3 is 31.3 Å². The third kappa shape index (κ3) is 10.2. The summed E-state index contributed by atoms with van der Waals surface area (Å²) >= 11 is 3.97. The number of H-pyrrole nitrogens is 1. The minimum Gasteiger partial charge on any atom is -0.397 e. The van der Waals surface area contributed by atoms with Crippen LogP contribution in [0.3, 0.4) is 0 Å². The van der Waals surface area contributed by atoms with Crippen LogP contribution in [-0.2, 0) is 22.4 Å². The second kappa shape index (κ2) is 21.0. The molecule has 6 N–H and O–H groups in total. The molecule has 6 heterocycles. The van der Waals surface area contributed by atoms with Crippen molar-refractivity contribution in [3.63, 3.8) is 0 Å². The summed E-state index contributed by atoms with van der Waals surface area (Å²) in [5, 5.41) is 26.2. The zero-order chi connectivity index (χ0) is 50.0. The maximum absolute atomic E-state index is 13.6. The lowest BCUT2D eigenvalue weighted by molar-refractivity contribution is -0.128. The highest BCUT2D eigenvalue weighted by molar-refractivity contribution is 7.21. The van der Waals surface area contributed by atoms with Gasteiger partial charge in [0.15, 0.2) is 5.69 Å². The number of nitrogens with one attached hydrogen (secondary N) is 4. The zero-order valence-corrected chi connectivity index (χ0v) is 42.3. The maximum atomic E-state index is 13.6. The van der Waals surface area contributed by atoms with Crippen molar-refractivity contribution in [2.24, 2.45) is 28.0 Å². The van der Waals surface area contributed by atoms with Crippen molar-refractivity contribution in [1.29, 1.82) is 0 Å². The summed E-state index contributed by atoms with van der Waals surface area (Å²) in [6, 6.07) is 27.2. The number of carbonyl (C=O) groups is 3. The van der Waals surface area contributed by atoms with Crippen molar-refractivity contribution in [1.82, 2.24) is 40.7 Å². The number of nitrogens with two attached hydrogens (primary N) is 1. The van der Waals surface area contributed by atoms with Gasteiger partial charge in [-0.3, -0.25) is 24.3 Å². The molecular weight excluding hydrogens is 981 g/mol. The third-order valence-corrected chi connectivity index (χ3v) is 16.6. The Kier molecular flexibility index (Phi) is 13.8. The highest BCUT2D eigenvalue weighted by Crippen LogP contribution is 2.44. The topological polar surface area (TPSA) is 227 Å². The molecule has 0 radical (unpaired) electrons. The Balaban J connectivity index is 0.608. The molecule has 1 saturated carbocycles. The summed E-state index contributed by atoms with van der Waals surface area (Å²) < 4.78 is 7.15. The monoisotopic (exact) mass is 1030 g/mol. The van der Waals surface area contributed by atoms with E-state index in [1.165, 1.54) is 55.5 Å². The van der Waals surface area contributed by atoms with Gasteiger partial charge in [0.2, 0.25) is 16.2 Å². The van der Waals surface area contributed by atoms with Crippen LogP contribution in [0, 0.1) is 24.7 Å². The summed E-state index contributed by atoms with van der Waals surface area (Å²) in [5.74, 6) is 0.286. The third-order valence-electron chi connectivity index (χ3n) is 14.0. The van der Waals surface area contributed by atoms with E-state index in [2.05, 4.69) is 64.3 Å². The molecule has 5 aromatic heterocycles. The zero-order valence-electron chi connectivity index (χ0n) is 39.9. The van der Waals surface area contributed by atoms with Crippen molar-refractivity contribution in [3.05, 3.63) is 140 Å². The number of aryl methyl sites for hydroxylation is 2. The summed E-state index contributed by atoms with van der Waals surface area (Å²) in [5.41, 5.74) is 14.5. The van der Waals surface area contributed by atoms with E-state index in [-0.39, 0.29) is 47.2 Å². The van der Waals surface area contributed by atoms with Crippen molar-refractivity contribution in [3.8, 4) is 27.6 Å². The molecule has 372 valence electrons. The van der Waals surface area contributed by atoms with E-state index in [0.717, 1.165) is 72.2 Å². The highest BCUT2D eigenvalue weighted by Gasteiger charge is 2.46. The van der Waals surface area contributed by atoms with Gasteiger partial charge in [0.1, 0.15) is 9.71 Å². The van der Waals surface area contributed by atoms with Crippen molar-refractivity contribution < 1.29 is 19.1 Å². The number of aromatic nitrogens is 5. The molecule has 3 amide bonds. The van der Waals surface area contributed by atoms with Gasteiger partial charge in [0.05, 0.1) is 30.3 Å². The molecule has 2 bridgehead atoms. The highest BCUT2D eigenvalue weighted by atomic mass is 32.1. The van der Waals surface area contributed by atoms with Gasteiger partial charge in [0, 0.05) is 88.6 Å². The summed E-state index contributed by atoms with van der Waals surface area (Å²) in [7, 11) is 0. The Morgan fingerprint density at radius 2 is 1.66 bits per heavy atom. The van der Waals surface area contributed by atoms with E-state index in [0.29, 0.717) is 64.1 Å². The van der Waals surface area contributed by atoms with Crippen molar-refractivity contribution >= 4 is 84.1 Å². The standard InChI is InChI=1S/C53H52N12O5S3/c1-30-7-18-40-43(54)46(73-50(40)58-30)49(68)59-38-16-14-35-26-39(17-15-34(35)25-38)64-27-36-12-13-37(28-64)42(36)48(67)56-20-23-70-22-19-55-47(66)33-10-8-31(9-11-33)41-29-72-53(60-41)65-51(69)45(61-62-52-57-21-24-71-52)44(63-65)32-5-3-2-4-6-32/h2-11,15,17-18,21,24,26,29,36-38,42,63H,12-14,16,19-20,22-23,25,27-28,54H2,1H3,(H,55,66)(H,56,67)(H,59,68). The molecule has 8 aromatic rings. The van der Waals surface area contributed by atoms with E-state index < -0.39 is 5.56 Å². The number of nitrogen functional groups attached to an aromatic ring is 1. The van der Waals surface area contributed by atoms with Crippen LogP contribution in [0.25, 0.3) is 37.9 Å². The quantitative estimate of drug-likeness (QED) is 0.0457. The first-order valence-corrected chi connectivity index (χ1v) is 27.0. The number of fused-ring (bicyclic) bond motifs is 4. The fraction of sp³-hybridized carbons (Fsp3) is 0.302. The minimum absolute atomic E-state index is 0.0148. The van der Waals surface area contributed by atoms with Crippen LogP contribution in [-0.4, -0.2) is 87.9 Å². The predicted octanol–water partition coefficient (Wildman–Crippen LogP) is 8.64. The van der Waals surface area contributed by atoms with Crippen LogP contribution in [0.4, 0.5) is 22.2 Å². The molecule has 11 rings (SSSR count). The molecule has 73 heavy (non-hydrogen) atoms. The number of thiazole rings is 2. The fourth-order valence-corrected chi connectivity index (χ4v) is 12.6. The number of anilines is 2. The first-order chi connectivity index (χ1) is 35.6. The van der Waals surface area contributed by atoms with Gasteiger partial charge >= 0.3 is 5.56 Å². The van der Waals surface area contributed by atoms with E-state index in [1.807, 2.05) is 66.9 Å². The van der Waals surface area contributed by atoms with Crippen molar-refractivity contribution in [2.45, 2.75) is 45.1 Å². The minimum atomic E-state index is -0.395. The molecule has 2 fully saturated rings. The number of benzene rings is 3. The molecule has 2 aliphatic carbocycles. The van der Waals surface area contributed by atoms with E-state index in [1.54, 1.807) is 23.7 Å². The summed E-state index contributed by atoms with van der Waals surface area (Å²) in [6.45, 7) is 4.99. The Labute approximate surface area is 432 Å². The number of rotatable bonds is 16. The second-order valence-electron chi connectivity index (χ2n) is 18.7. The number of azo groups is 1. The Bertz CT molecular complexity index is 3390. The Morgan fingerprint density at radius 3 is 2.44 bits per heavy atom. The van der Waals surface area contributed by atoms with Crippen molar-refractivity contribution in [2.75, 3.05) is 50.0 Å². The number of hydrogen-bond donors (Lipinski definition) is 5. The number of thiophene rings is 1. The largest absolute Gasteiger partial charge is 0.397 e. The van der Waals surface area contributed by atoms with Crippen LogP contribution in [0.15, 0.2) is 117 Å². The molecule has 1 aliphatic heterocycles. The van der Waals surface area contributed by atoms with Gasteiger partial charge in [-0.1, -0.05) is 48.5 Å². The average molecular weight is 1030 g/mol. The predicted molar refractivity (Wildman–Crippen MR) is 286 cm³/mol. The molecule has 3 aromatic carbocycles. The fourth-order valence-electron chi connectivity index (χ4n) is 10.3. The van der Waals surface area contributed by atoms with Crippen LogP contribution in [0.1, 0.15) is 56.1 Å². The Hall–Kier alpha value is -7.39. The van der Waals surface area contributed by atoms with Crippen LogP contribution in [0.5, 0.6) is 0 Å². The molecule has 3 atom stereocenters. The van der Waals surface area contributed by atoms with Gasteiger partial charge in [-0.05, 0) is 98.4 Å². The van der Waals surface area contributed by atoms with Crippen LogP contribution in [0.2, 0.25) is 0 Å². The Morgan fingerprint density at radius 1 is 0.863 bits per heavy atom. The number of ether oxygens (including phenoxy) is 1. The molecule has 1 saturated heterocycles. The molecule has 17 nitrogen and oxygen atoms in total. The number of carbonyl (C=O) groups excluding carboxylic acids is 3. The van der Waals surface area contributed by atoms with E-state index >= 15 is 0 Å². The van der Waals surface area contributed by atoms with E-state index in [4.69, 9.17) is 15.5 Å². The number of nitrogens with zero attached hydrogens (tertiary/aromatic N) is 7. The molecule has 0 spiro atoms. The van der Waals surface area contributed by atoms with Gasteiger partial charge in [-0.25, -0.2) is 15.0 Å². The van der Waals surface area contributed by atoms with Gasteiger partial charge in [-0.2, -0.15) is 4.68 Å². The number of aromatic amines is 1. The number of amides is 3.